The maximum absolute atomic E-state index is 5.58. The van der Waals surface area contributed by atoms with Crippen LogP contribution in [0.5, 0.6) is 0 Å². The third-order valence-corrected chi connectivity index (χ3v) is 15.2. The highest BCUT2D eigenvalue weighted by Crippen LogP contribution is 2.45. The Labute approximate surface area is 395 Å². The number of fused-ring (bicyclic) bond motifs is 20. The first-order valence-corrected chi connectivity index (χ1v) is 24.4. The monoisotopic (exact) mass is 907 g/mol. The van der Waals surface area contributed by atoms with Gasteiger partial charge in [-0.1, -0.05) is 48.5 Å². The van der Waals surface area contributed by atoms with E-state index in [9.17, 15) is 0 Å². The summed E-state index contributed by atoms with van der Waals surface area (Å²) in [6.45, 7) is 15.2. The minimum atomic E-state index is 0.625. The average molecular weight is 907 g/mol. The van der Waals surface area contributed by atoms with Crippen molar-refractivity contribution in [3.8, 4) is 45.6 Å². The van der Waals surface area contributed by atoms with E-state index in [1.165, 1.54) is 0 Å². The number of nitrogens with zero attached hydrogens (tertiary/aromatic N) is 14. The Kier molecular flexibility index (Phi) is 10.1. The lowest BCUT2D eigenvalue weighted by Crippen LogP contribution is -2.44. The summed E-state index contributed by atoms with van der Waals surface area (Å²) in [6.07, 6.45) is 0. The molecule has 6 aliphatic rings. The van der Waals surface area contributed by atoms with Crippen LogP contribution in [0.15, 0.2) is 72.8 Å². The highest BCUT2D eigenvalue weighted by atomic mass is 15.3. The van der Waals surface area contributed by atoms with Crippen molar-refractivity contribution in [2.24, 2.45) is 0 Å². The Morgan fingerprint density at radius 3 is 1.00 bits per heavy atom. The van der Waals surface area contributed by atoms with Crippen LogP contribution in [0.1, 0.15) is 0 Å². The van der Waals surface area contributed by atoms with Gasteiger partial charge in [0.1, 0.15) is 22.6 Å². The van der Waals surface area contributed by atoms with Crippen LogP contribution in [0.4, 0.5) is 22.7 Å². The predicted molar refractivity (Wildman–Crippen MR) is 275 cm³/mol. The van der Waals surface area contributed by atoms with Crippen LogP contribution in [-0.4, -0.2) is 192 Å². The Morgan fingerprint density at radius 1 is 0.324 bits per heavy atom. The molecule has 0 radical (unpaired) electrons. The lowest BCUT2D eigenvalue weighted by Gasteiger charge is -2.35. The summed E-state index contributed by atoms with van der Waals surface area (Å²) < 4.78 is 0. The van der Waals surface area contributed by atoms with Crippen molar-refractivity contribution in [1.29, 1.82) is 0 Å². The molecule has 9 heterocycles. The first kappa shape index (κ1) is 41.5. The number of nitrogens with one attached hydrogen (secondary N) is 2. The molecule has 6 aliphatic heterocycles. The van der Waals surface area contributed by atoms with Crippen LogP contribution >= 0.6 is 0 Å². The predicted octanol–water partition coefficient (Wildman–Crippen LogP) is 5.88. The van der Waals surface area contributed by atoms with Crippen LogP contribution in [0, 0.1) is 0 Å². The number of H-pyrrole nitrogens is 2. The summed E-state index contributed by atoms with van der Waals surface area (Å²) in [5.41, 5.74) is 11.3. The fraction of sp³-hybridized carbons (Fsp3) is 0.385. The third kappa shape index (κ3) is 7.03. The summed E-state index contributed by atoms with van der Waals surface area (Å²) in [6, 6.07) is 26.2. The van der Waals surface area contributed by atoms with E-state index in [4.69, 9.17) is 29.9 Å². The molecule has 0 spiro atoms. The second-order valence-electron chi connectivity index (χ2n) is 19.6. The molecule has 346 valence electrons. The molecular weight excluding hydrogens is 849 g/mol. The van der Waals surface area contributed by atoms with E-state index in [2.05, 4.69) is 150 Å². The Balaban J connectivity index is 1.14. The number of piperazine rings is 4. The van der Waals surface area contributed by atoms with Gasteiger partial charge in [0.25, 0.3) is 0 Å². The van der Waals surface area contributed by atoms with Gasteiger partial charge in [0.15, 0.2) is 23.3 Å². The lowest BCUT2D eigenvalue weighted by atomic mass is 10.0. The van der Waals surface area contributed by atoms with Crippen LogP contribution < -0.4 is 19.6 Å². The zero-order valence-electron chi connectivity index (χ0n) is 39.5. The van der Waals surface area contributed by atoms with E-state index in [-0.39, 0.29) is 0 Å². The molecule has 13 rings (SSSR count). The summed E-state index contributed by atoms with van der Waals surface area (Å²) >= 11 is 0. The molecule has 4 saturated heterocycles. The van der Waals surface area contributed by atoms with Gasteiger partial charge in [0.05, 0.1) is 21.9 Å². The van der Waals surface area contributed by atoms with Crippen LogP contribution in [0.25, 0.3) is 89.7 Å². The van der Waals surface area contributed by atoms with Crippen LogP contribution in [0.3, 0.4) is 0 Å². The summed E-state index contributed by atoms with van der Waals surface area (Å²) in [5.74, 6) is 2.52. The number of hydrogen-bond acceptors (Lipinski definition) is 14. The topological polar surface area (TPSA) is 135 Å². The van der Waals surface area contributed by atoms with Crippen molar-refractivity contribution < 1.29 is 0 Å². The van der Waals surface area contributed by atoms with E-state index < -0.39 is 0 Å². The molecule has 68 heavy (non-hydrogen) atoms. The largest absolute Gasteiger partial charge is 0.368 e. The van der Waals surface area contributed by atoms with Gasteiger partial charge in [-0.3, -0.25) is 0 Å². The molecule has 0 unspecified atom stereocenters. The van der Waals surface area contributed by atoms with Crippen LogP contribution in [0.2, 0.25) is 0 Å². The Hall–Kier alpha value is -6.72. The second kappa shape index (κ2) is 16.5. The molecule has 8 bridgehead atoms. The summed E-state index contributed by atoms with van der Waals surface area (Å²) in [7, 11) is 8.80. The Bertz CT molecular complexity index is 3050. The van der Waals surface area contributed by atoms with Crippen LogP contribution in [-0.2, 0) is 0 Å². The molecule has 7 aromatic rings. The molecule has 16 heteroatoms. The average Bonchev–Trinajstić information content (AvgIpc) is 4.11. The van der Waals surface area contributed by atoms with Gasteiger partial charge >= 0.3 is 0 Å². The number of anilines is 4. The number of rotatable bonds is 4. The zero-order chi connectivity index (χ0) is 45.6. The minimum absolute atomic E-state index is 0.625. The maximum Gasteiger partial charge on any atom is 0.166 e. The first-order valence-electron chi connectivity index (χ1n) is 24.4. The molecule has 3 aromatic heterocycles. The molecule has 0 saturated carbocycles. The van der Waals surface area contributed by atoms with Crippen molar-refractivity contribution in [3.63, 3.8) is 0 Å². The van der Waals surface area contributed by atoms with Gasteiger partial charge < -0.3 is 49.2 Å². The number of likely N-dealkylation sites (N-methyl/N-ethyl adjacent to an activating group) is 4. The second-order valence-corrected chi connectivity index (χ2v) is 19.6. The van der Waals surface area contributed by atoms with E-state index in [0.29, 0.717) is 34.6 Å². The molecule has 2 N–H and O–H groups in total. The molecular formula is C52H58N16. The number of benzene rings is 4. The van der Waals surface area contributed by atoms with Crippen molar-refractivity contribution in [2.75, 3.05) is 153 Å². The van der Waals surface area contributed by atoms with Crippen molar-refractivity contribution in [3.05, 3.63) is 72.8 Å². The quantitative estimate of drug-likeness (QED) is 0.218. The standard InChI is InChI=1S/C52H58N16/c1-61-17-25-65(26-18-61)37-13-5-9-33-41(37)49-53-45(33)58-50-43-35(11-7-15-39(43)67-29-21-63(3)22-30-67)47(55-50)60-52-44-36(12-8-16-40(44)68-31-23-64(4)24-32-68)48(56-52)59-51-42-34(46(54-51)57-49)10-6-14-38(42)66-27-19-62(2)20-28-66/h5-16H,17-32H2,1-4H3,(H2,53,54,55,56,57,58,59,60). The van der Waals surface area contributed by atoms with Gasteiger partial charge in [0, 0.05) is 149 Å². The zero-order valence-corrected chi connectivity index (χ0v) is 39.5. The minimum Gasteiger partial charge on any atom is -0.368 e. The smallest absolute Gasteiger partial charge is 0.166 e. The molecule has 16 nitrogen and oxygen atoms in total. The first-order chi connectivity index (χ1) is 33.3. The molecule has 0 amide bonds. The SMILES string of the molecule is CN1CCN(c2cccc3c2-c2nc-3nc3[nH]c(nc4nc(nc5[nH]c(n2)c2cccc(N6CCN(C)CC6)c52)-c2cccc(N5CCN(C)CC5)c2-4)c2cccc(N4CCN(C)CC4)c32)CC1. The van der Waals surface area contributed by atoms with Gasteiger partial charge in [-0.25, -0.2) is 29.9 Å². The Morgan fingerprint density at radius 2 is 0.632 bits per heavy atom. The van der Waals surface area contributed by atoms with Gasteiger partial charge in [0.2, 0.25) is 0 Å². The van der Waals surface area contributed by atoms with Gasteiger partial charge in [-0.05, 0) is 52.5 Å². The number of hydrogen-bond donors (Lipinski definition) is 2. The van der Waals surface area contributed by atoms with Gasteiger partial charge in [-0.15, -0.1) is 0 Å². The lowest BCUT2D eigenvalue weighted by molar-refractivity contribution is 0.313. The van der Waals surface area contributed by atoms with Crippen molar-refractivity contribution in [2.45, 2.75) is 0 Å². The fourth-order valence-corrected chi connectivity index (χ4v) is 11.2. The van der Waals surface area contributed by atoms with Gasteiger partial charge in [-0.2, -0.15) is 0 Å². The summed E-state index contributed by atoms with van der Waals surface area (Å²) in [5, 5.41) is 4.04. The fourth-order valence-electron chi connectivity index (χ4n) is 11.2. The molecule has 4 aromatic carbocycles. The van der Waals surface area contributed by atoms with E-state index in [0.717, 1.165) is 183 Å². The molecule has 0 aliphatic carbocycles. The van der Waals surface area contributed by atoms with E-state index >= 15 is 0 Å². The maximum atomic E-state index is 5.58. The third-order valence-electron chi connectivity index (χ3n) is 15.2. The highest BCUT2D eigenvalue weighted by Gasteiger charge is 2.31. The number of aromatic amines is 2. The van der Waals surface area contributed by atoms with E-state index in [1.54, 1.807) is 0 Å². The van der Waals surface area contributed by atoms with Crippen molar-refractivity contribution >= 4 is 66.9 Å². The van der Waals surface area contributed by atoms with Crippen molar-refractivity contribution in [1.82, 2.24) is 59.5 Å². The highest BCUT2D eigenvalue weighted by molar-refractivity contribution is 6.13. The summed E-state index contributed by atoms with van der Waals surface area (Å²) in [4.78, 5) is 60.3. The number of aromatic nitrogens is 8. The normalized spacial score (nSPS) is 18.8. The van der Waals surface area contributed by atoms with E-state index in [1.807, 2.05) is 0 Å². The molecule has 4 fully saturated rings. The molecule has 0 atom stereocenters.